The molecule has 1 unspecified atom stereocenters. The number of hydrogen-bond donors (Lipinski definition) is 2. The van der Waals surface area contributed by atoms with Gasteiger partial charge in [-0.15, -0.1) is 0 Å². The lowest BCUT2D eigenvalue weighted by Gasteiger charge is -2.30. The zero-order chi connectivity index (χ0) is 15.8. The van der Waals surface area contributed by atoms with Crippen molar-refractivity contribution in [3.05, 3.63) is 28.5 Å². The second-order valence-electron chi connectivity index (χ2n) is 6.10. The summed E-state index contributed by atoms with van der Waals surface area (Å²) in [5.41, 5.74) is 1.60. The maximum atomic E-state index is 11.1. The monoisotopic (exact) mass is 353 g/mol. The number of fused-ring (bicyclic) bond motifs is 1. The zero-order valence-corrected chi connectivity index (χ0v) is 14.2. The highest BCUT2D eigenvalue weighted by molar-refractivity contribution is 9.10. The molecule has 2 rings (SSSR count). The van der Waals surface area contributed by atoms with Gasteiger partial charge >= 0.3 is 6.09 Å². The van der Waals surface area contributed by atoms with Crippen LogP contribution in [0.25, 0.3) is 11.0 Å². The van der Waals surface area contributed by atoms with Gasteiger partial charge in [0.2, 0.25) is 0 Å². The van der Waals surface area contributed by atoms with Crippen molar-refractivity contribution in [3.8, 4) is 0 Å². The molecule has 1 heterocycles. The van der Waals surface area contributed by atoms with Crippen molar-refractivity contribution in [1.82, 2.24) is 14.9 Å². The second-order valence-corrected chi connectivity index (χ2v) is 7.01. The molecule has 0 aliphatic heterocycles. The largest absolute Gasteiger partial charge is 0.465 e. The van der Waals surface area contributed by atoms with Gasteiger partial charge in [0.25, 0.3) is 0 Å². The van der Waals surface area contributed by atoms with Crippen LogP contribution in [-0.2, 0) is 6.54 Å². The Kier molecular flexibility index (Phi) is 4.27. The first-order valence-electron chi connectivity index (χ1n) is 6.89. The van der Waals surface area contributed by atoms with Gasteiger partial charge in [0, 0.05) is 11.0 Å². The molecule has 2 aromatic rings. The second kappa shape index (κ2) is 5.67. The number of aryl methyl sites for hydroxylation is 1. The number of carbonyl (C=O) groups is 1. The molecular weight excluding hydrogens is 334 g/mol. The zero-order valence-electron chi connectivity index (χ0n) is 12.6. The molecule has 6 heteroatoms. The number of nitrogens with one attached hydrogen (secondary N) is 1. The minimum atomic E-state index is -1.04. The summed E-state index contributed by atoms with van der Waals surface area (Å²) in [7, 11) is 0. The van der Waals surface area contributed by atoms with Gasteiger partial charge in [-0.25, -0.2) is 9.78 Å². The molecule has 0 spiro atoms. The van der Waals surface area contributed by atoms with E-state index in [1.807, 2.05) is 45.9 Å². The van der Waals surface area contributed by atoms with Crippen LogP contribution in [-0.4, -0.2) is 20.8 Å². The van der Waals surface area contributed by atoms with Crippen LogP contribution >= 0.6 is 15.9 Å². The third-order valence-electron chi connectivity index (χ3n) is 3.45. The topological polar surface area (TPSA) is 67.2 Å². The number of nitrogens with zero attached hydrogens (tertiary/aromatic N) is 2. The van der Waals surface area contributed by atoms with E-state index < -0.39 is 6.09 Å². The summed E-state index contributed by atoms with van der Waals surface area (Å²) >= 11 is 3.47. The van der Waals surface area contributed by atoms with Crippen LogP contribution in [0, 0.1) is 5.41 Å². The lowest BCUT2D eigenvalue weighted by Crippen LogP contribution is -2.37. The van der Waals surface area contributed by atoms with Gasteiger partial charge in [0.1, 0.15) is 5.82 Å². The van der Waals surface area contributed by atoms with E-state index in [0.717, 1.165) is 27.9 Å². The number of amides is 1. The Morgan fingerprint density at radius 1 is 1.48 bits per heavy atom. The predicted octanol–water partition coefficient (Wildman–Crippen LogP) is 4.17. The Labute approximate surface area is 132 Å². The van der Waals surface area contributed by atoms with E-state index in [9.17, 15) is 4.79 Å². The summed E-state index contributed by atoms with van der Waals surface area (Å²) < 4.78 is 3.04. The van der Waals surface area contributed by atoms with Crippen LogP contribution in [0.5, 0.6) is 0 Å². The quantitative estimate of drug-likeness (QED) is 0.869. The SMILES string of the molecule is CCn1c(C(NC(=O)O)C(C)(C)C)nc2ccc(Br)cc21. The van der Waals surface area contributed by atoms with Crippen molar-refractivity contribution in [2.75, 3.05) is 0 Å². The molecule has 0 aliphatic rings. The van der Waals surface area contributed by atoms with E-state index in [1.165, 1.54) is 0 Å². The molecule has 0 bridgehead atoms. The van der Waals surface area contributed by atoms with Gasteiger partial charge in [-0.1, -0.05) is 36.7 Å². The third kappa shape index (κ3) is 3.20. The molecule has 0 radical (unpaired) electrons. The van der Waals surface area contributed by atoms with Crippen LogP contribution in [0.1, 0.15) is 39.6 Å². The summed E-state index contributed by atoms with van der Waals surface area (Å²) in [6, 6.07) is 5.52. The van der Waals surface area contributed by atoms with Crippen molar-refractivity contribution in [3.63, 3.8) is 0 Å². The third-order valence-corrected chi connectivity index (χ3v) is 3.94. The predicted molar refractivity (Wildman–Crippen MR) is 86.5 cm³/mol. The Balaban J connectivity index is 2.64. The average molecular weight is 354 g/mol. The minimum Gasteiger partial charge on any atom is -0.465 e. The number of imidazole rings is 1. The fourth-order valence-electron chi connectivity index (χ4n) is 2.46. The molecule has 5 nitrogen and oxygen atoms in total. The number of halogens is 1. The number of aromatic nitrogens is 2. The smallest absolute Gasteiger partial charge is 0.405 e. The number of benzene rings is 1. The van der Waals surface area contributed by atoms with Crippen LogP contribution in [0.2, 0.25) is 0 Å². The molecular formula is C15H20BrN3O2. The lowest BCUT2D eigenvalue weighted by molar-refractivity contribution is 0.172. The Bertz CT molecular complexity index is 673. The van der Waals surface area contributed by atoms with Gasteiger partial charge in [-0.2, -0.15) is 0 Å². The van der Waals surface area contributed by atoms with Crippen LogP contribution < -0.4 is 5.32 Å². The van der Waals surface area contributed by atoms with Crippen molar-refractivity contribution >= 4 is 33.1 Å². The van der Waals surface area contributed by atoms with Crippen LogP contribution in [0.3, 0.4) is 0 Å². The Morgan fingerprint density at radius 2 is 2.14 bits per heavy atom. The molecule has 1 aromatic carbocycles. The van der Waals surface area contributed by atoms with Gasteiger partial charge in [-0.05, 0) is 30.5 Å². The van der Waals surface area contributed by atoms with Gasteiger partial charge in [0.05, 0.1) is 17.1 Å². The first kappa shape index (κ1) is 15.8. The maximum Gasteiger partial charge on any atom is 0.405 e. The molecule has 0 saturated heterocycles. The summed E-state index contributed by atoms with van der Waals surface area (Å²) in [6.45, 7) is 8.77. The van der Waals surface area contributed by atoms with E-state index in [2.05, 4.69) is 30.8 Å². The van der Waals surface area contributed by atoms with Crippen LogP contribution in [0.15, 0.2) is 22.7 Å². The molecule has 0 saturated carbocycles. The molecule has 1 aromatic heterocycles. The van der Waals surface area contributed by atoms with Crippen molar-refractivity contribution < 1.29 is 9.90 Å². The molecule has 0 fully saturated rings. The highest BCUT2D eigenvalue weighted by Crippen LogP contribution is 2.34. The lowest BCUT2D eigenvalue weighted by atomic mass is 9.86. The molecule has 1 amide bonds. The standard InChI is InChI=1S/C15H20BrN3O2/c1-5-19-11-8-9(16)6-7-10(11)17-13(19)12(15(2,3)4)18-14(20)21/h6-8,12,18H,5H2,1-4H3,(H,20,21). The summed E-state index contributed by atoms with van der Waals surface area (Å²) in [6.07, 6.45) is -1.04. The molecule has 1 atom stereocenters. The Hall–Kier alpha value is -1.56. The van der Waals surface area contributed by atoms with Gasteiger partial charge < -0.3 is 15.0 Å². The fraction of sp³-hybridized carbons (Fsp3) is 0.467. The summed E-state index contributed by atoms with van der Waals surface area (Å²) in [5.74, 6) is 0.750. The average Bonchev–Trinajstić information content (AvgIpc) is 2.71. The summed E-state index contributed by atoms with van der Waals surface area (Å²) in [4.78, 5) is 15.8. The number of hydrogen-bond acceptors (Lipinski definition) is 2. The highest BCUT2D eigenvalue weighted by Gasteiger charge is 2.32. The van der Waals surface area contributed by atoms with Crippen LogP contribution in [0.4, 0.5) is 4.79 Å². The number of carboxylic acid groups (broad SMARTS) is 1. The molecule has 21 heavy (non-hydrogen) atoms. The highest BCUT2D eigenvalue weighted by atomic mass is 79.9. The first-order chi connectivity index (χ1) is 9.74. The van der Waals surface area contributed by atoms with E-state index in [-0.39, 0.29) is 11.5 Å². The number of rotatable bonds is 3. The maximum absolute atomic E-state index is 11.1. The Morgan fingerprint density at radius 3 is 2.67 bits per heavy atom. The van der Waals surface area contributed by atoms with E-state index in [0.29, 0.717) is 0 Å². The van der Waals surface area contributed by atoms with E-state index in [4.69, 9.17) is 5.11 Å². The van der Waals surface area contributed by atoms with Gasteiger partial charge in [-0.3, -0.25) is 0 Å². The molecule has 2 N–H and O–H groups in total. The van der Waals surface area contributed by atoms with Crippen molar-refractivity contribution in [2.45, 2.75) is 40.3 Å². The molecule has 0 aliphatic carbocycles. The van der Waals surface area contributed by atoms with Crippen molar-refractivity contribution in [1.29, 1.82) is 0 Å². The fourth-order valence-corrected chi connectivity index (χ4v) is 2.81. The minimum absolute atomic E-state index is 0.274. The molecule has 114 valence electrons. The van der Waals surface area contributed by atoms with E-state index >= 15 is 0 Å². The van der Waals surface area contributed by atoms with E-state index in [1.54, 1.807) is 0 Å². The van der Waals surface area contributed by atoms with Crippen molar-refractivity contribution in [2.24, 2.45) is 5.41 Å². The first-order valence-corrected chi connectivity index (χ1v) is 7.68. The summed E-state index contributed by atoms with van der Waals surface area (Å²) in [5, 5.41) is 11.7. The van der Waals surface area contributed by atoms with Gasteiger partial charge in [0.15, 0.2) is 0 Å². The normalized spacial score (nSPS) is 13.4.